The van der Waals surface area contributed by atoms with E-state index in [2.05, 4.69) is 15.1 Å². The summed E-state index contributed by atoms with van der Waals surface area (Å²) in [7, 11) is 1.84. The molecule has 1 aromatic carbocycles. The van der Waals surface area contributed by atoms with Gasteiger partial charge in [-0.3, -0.25) is 4.68 Å². The lowest BCUT2D eigenvalue weighted by Crippen LogP contribution is -2.06. The van der Waals surface area contributed by atoms with Crippen molar-refractivity contribution in [2.75, 3.05) is 5.73 Å². The molecule has 3 aromatic rings. The number of anilines is 1. The number of benzene rings is 1. The van der Waals surface area contributed by atoms with Crippen LogP contribution >= 0.6 is 0 Å². The lowest BCUT2D eigenvalue weighted by molar-refractivity contribution is 0.715. The highest BCUT2D eigenvalue weighted by Crippen LogP contribution is 2.21. The van der Waals surface area contributed by atoms with Crippen LogP contribution in [0.3, 0.4) is 0 Å². The van der Waals surface area contributed by atoms with Crippen LogP contribution < -0.4 is 5.73 Å². The molecule has 0 spiro atoms. The van der Waals surface area contributed by atoms with Gasteiger partial charge < -0.3 is 10.3 Å². The monoisotopic (exact) mass is 242 g/mol. The van der Waals surface area contributed by atoms with Crippen molar-refractivity contribution in [1.82, 2.24) is 24.3 Å². The zero-order chi connectivity index (χ0) is 12.7. The molecule has 92 valence electrons. The van der Waals surface area contributed by atoms with Crippen LogP contribution in [0, 0.1) is 6.92 Å². The largest absolute Gasteiger partial charge is 0.369 e. The van der Waals surface area contributed by atoms with E-state index in [0.29, 0.717) is 12.5 Å². The summed E-state index contributed by atoms with van der Waals surface area (Å²) >= 11 is 0. The van der Waals surface area contributed by atoms with Crippen molar-refractivity contribution in [2.45, 2.75) is 13.5 Å². The quantitative estimate of drug-likeness (QED) is 0.730. The lowest BCUT2D eigenvalue weighted by Gasteiger charge is -2.03. The van der Waals surface area contributed by atoms with Crippen LogP contribution in [0.1, 0.15) is 11.4 Å². The second-order valence-electron chi connectivity index (χ2n) is 4.33. The summed E-state index contributed by atoms with van der Waals surface area (Å²) in [5.41, 5.74) is 9.03. The molecule has 0 amide bonds. The molecule has 0 atom stereocenters. The van der Waals surface area contributed by atoms with E-state index in [9.17, 15) is 0 Å². The molecule has 0 saturated carbocycles. The number of hydrogen-bond donors (Lipinski definition) is 1. The number of para-hydroxylation sites is 1. The van der Waals surface area contributed by atoms with Gasteiger partial charge in [0.2, 0.25) is 5.95 Å². The summed E-state index contributed by atoms with van der Waals surface area (Å²) in [4.78, 5) is 8.60. The molecule has 18 heavy (non-hydrogen) atoms. The first-order valence-electron chi connectivity index (χ1n) is 5.71. The Bertz CT molecular complexity index is 709. The Kier molecular flexibility index (Phi) is 2.29. The van der Waals surface area contributed by atoms with Gasteiger partial charge in [0.25, 0.3) is 0 Å². The number of aromatic nitrogens is 5. The van der Waals surface area contributed by atoms with Gasteiger partial charge in [-0.1, -0.05) is 12.1 Å². The Morgan fingerprint density at radius 3 is 2.89 bits per heavy atom. The summed E-state index contributed by atoms with van der Waals surface area (Å²) in [5, 5.41) is 4.26. The maximum Gasteiger partial charge on any atom is 0.201 e. The van der Waals surface area contributed by atoms with Crippen molar-refractivity contribution < 1.29 is 0 Å². The van der Waals surface area contributed by atoms with E-state index in [0.717, 1.165) is 22.4 Å². The van der Waals surface area contributed by atoms with E-state index < -0.39 is 0 Å². The summed E-state index contributed by atoms with van der Waals surface area (Å²) in [6.07, 6.45) is 1.68. The number of rotatable bonds is 2. The number of imidazole rings is 1. The second-order valence-corrected chi connectivity index (χ2v) is 4.33. The molecule has 6 nitrogen and oxygen atoms in total. The Labute approximate surface area is 104 Å². The first-order valence-corrected chi connectivity index (χ1v) is 5.71. The number of aryl methyl sites for hydroxylation is 2. The van der Waals surface area contributed by atoms with Gasteiger partial charge in [0, 0.05) is 7.05 Å². The minimum absolute atomic E-state index is 0.492. The van der Waals surface area contributed by atoms with Crippen LogP contribution in [0.15, 0.2) is 24.5 Å². The molecule has 6 heteroatoms. The van der Waals surface area contributed by atoms with Gasteiger partial charge in [0.05, 0.1) is 17.6 Å². The highest BCUT2D eigenvalue weighted by molar-refractivity contribution is 5.81. The predicted molar refractivity (Wildman–Crippen MR) is 69.0 cm³/mol. The Morgan fingerprint density at radius 2 is 2.17 bits per heavy atom. The number of nitrogens with zero attached hydrogens (tertiary/aromatic N) is 5. The van der Waals surface area contributed by atoms with Crippen molar-refractivity contribution in [2.24, 2.45) is 7.05 Å². The third-order valence-electron chi connectivity index (χ3n) is 2.96. The van der Waals surface area contributed by atoms with Gasteiger partial charge in [0.15, 0.2) is 5.82 Å². The minimum Gasteiger partial charge on any atom is -0.369 e. The van der Waals surface area contributed by atoms with Crippen molar-refractivity contribution >= 4 is 17.0 Å². The number of nitrogens with two attached hydrogens (primary N) is 1. The molecule has 2 heterocycles. The molecule has 0 unspecified atom stereocenters. The van der Waals surface area contributed by atoms with Crippen molar-refractivity contribution in [3.05, 3.63) is 35.9 Å². The molecule has 0 aliphatic heterocycles. The van der Waals surface area contributed by atoms with E-state index in [4.69, 9.17) is 5.73 Å². The van der Waals surface area contributed by atoms with E-state index in [-0.39, 0.29) is 0 Å². The smallest absolute Gasteiger partial charge is 0.201 e. The lowest BCUT2D eigenvalue weighted by atomic mass is 10.2. The fourth-order valence-electron chi connectivity index (χ4n) is 2.07. The van der Waals surface area contributed by atoms with Crippen molar-refractivity contribution in [1.29, 1.82) is 0 Å². The van der Waals surface area contributed by atoms with Gasteiger partial charge in [0.1, 0.15) is 6.33 Å². The number of nitrogen functional groups attached to an aromatic ring is 1. The molecular formula is C12H14N6. The van der Waals surface area contributed by atoms with Gasteiger partial charge in [-0.2, -0.15) is 5.10 Å². The Balaban J connectivity index is 2.11. The highest BCUT2D eigenvalue weighted by Gasteiger charge is 2.11. The zero-order valence-corrected chi connectivity index (χ0v) is 10.3. The second kappa shape index (κ2) is 3.83. The third kappa shape index (κ3) is 1.62. The van der Waals surface area contributed by atoms with E-state index >= 15 is 0 Å². The van der Waals surface area contributed by atoms with E-state index in [1.165, 1.54) is 0 Å². The predicted octanol–water partition coefficient (Wildman–Crippen LogP) is 1.10. The SMILES string of the molecule is Cc1cccc2c1nc(N)n2Cc1ncn(C)n1. The fraction of sp³-hybridized carbons (Fsp3) is 0.250. The first-order chi connectivity index (χ1) is 8.65. The van der Waals surface area contributed by atoms with Crippen LogP contribution in [0.25, 0.3) is 11.0 Å². The molecule has 0 fully saturated rings. The molecule has 2 aromatic heterocycles. The van der Waals surface area contributed by atoms with Gasteiger partial charge in [-0.15, -0.1) is 0 Å². The van der Waals surface area contributed by atoms with Crippen molar-refractivity contribution in [3.63, 3.8) is 0 Å². The normalized spacial score (nSPS) is 11.2. The van der Waals surface area contributed by atoms with Crippen LogP contribution in [-0.4, -0.2) is 24.3 Å². The zero-order valence-electron chi connectivity index (χ0n) is 10.3. The topological polar surface area (TPSA) is 74.5 Å². The van der Waals surface area contributed by atoms with E-state index in [1.807, 2.05) is 36.7 Å². The molecule has 0 radical (unpaired) electrons. The maximum absolute atomic E-state index is 5.97. The van der Waals surface area contributed by atoms with Crippen LogP contribution in [0.2, 0.25) is 0 Å². The fourth-order valence-corrected chi connectivity index (χ4v) is 2.07. The average Bonchev–Trinajstić information content (AvgIpc) is 2.87. The summed E-state index contributed by atoms with van der Waals surface area (Å²) < 4.78 is 3.60. The minimum atomic E-state index is 0.492. The molecule has 2 N–H and O–H groups in total. The van der Waals surface area contributed by atoms with Crippen LogP contribution in [0.5, 0.6) is 0 Å². The molecular weight excluding hydrogens is 228 g/mol. The van der Waals surface area contributed by atoms with Gasteiger partial charge in [-0.05, 0) is 18.6 Å². The third-order valence-corrected chi connectivity index (χ3v) is 2.96. The summed E-state index contributed by atoms with van der Waals surface area (Å²) in [5.74, 6) is 1.22. The Morgan fingerprint density at radius 1 is 1.33 bits per heavy atom. The van der Waals surface area contributed by atoms with Crippen LogP contribution in [0.4, 0.5) is 5.95 Å². The average molecular weight is 242 g/mol. The molecule has 0 aliphatic rings. The Hall–Kier alpha value is -2.37. The summed E-state index contributed by atoms with van der Waals surface area (Å²) in [6, 6.07) is 6.04. The van der Waals surface area contributed by atoms with Crippen molar-refractivity contribution in [3.8, 4) is 0 Å². The first kappa shape index (κ1) is 10.8. The molecule has 3 rings (SSSR count). The molecule has 0 bridgehead atoms. The molecule has 0 saturated heterocycles. The maximum atomic E-state index is 5.97. The van der Waals surface area contributed by atoms with Gasteiger partial charge >= 0.3 is 0 Å². The molecule has 0 aliphatic carbocycles. The number of hydrogen-bond acceptors (Lipinski definition) is 4. The van der Waals surface area contributed by atoms with Gasteiger partial charge in [-0.25, -0.2) is 9.97 Å². The standard InChI is InChI=1S/C12H14N6/c1-8-4-3-5-9-11(8)15-12(13)18(9)6-10-14-7-17(2)16-10/h3-5,7H,6H2,1-2H3,(H2,13,15). The number of fused-ring (bicyclic) bond motifs is 1. The highest BCUT2D eigenvalue weighted by atomic mass is 15.3. The summed E-state index contributed by atoms with van der Waals surface area (Å²) in [6.45, 7) is 2.56. The van der Waals surface area contributed by atoms with E-state index in [1.54, 1.807) is 11.0 Å². The van der Waals surface area contributed by atoms with Crippen LogP contribution in [-0.2, 0) is 13.6 Å².